The molecule has 0 aliphatic heterocycles. The number of aromatic nitrogens is 1. The second-order valence-corrected chi connectivity index (χ2v) is 3.09. The van der Waals surface area contributed by atoms with Gasteiger partial charge in [-0.3, -0.25) is 4.79 Å². The van der Waals surface area contributed by atoms with Crippen LogP contribution in [0.25, 0.3) is 0 Å². The molecule has 0 saturated carbocycles. The van der Waals surface area contributed by atoms with E-state index in [0.29, 0.717) is 5.56 Å². The maximum absolute atomic E-state index is 11.2. The van der Waals surface area contributed by atoms with Crippen LogP contribution in [-0.4, -0.2) is 29.1 Å². The molecule has 82 valence electrons. The predicted molar refractivity (Wildman–Crippen MR) is 51.4 cm³/mol. The lowest BCUT2D eigenvalue weighted by molar-refractivity contribution is -0.138. The van der Waals surface area contributed by atoms with E-state index in [1.165, 1.54) is 13.2 Å². The minimum atomic E-state index is -1.16. The van der Waals surface area contributed by atoms with Crippen LogP contribution in [0.2, 0.25) is 0 Å². The second-order valence-electron chi connectivity index (χ2n) is 3.09. The van der Waals surface area contributed by atoms with Crippen molar-refractivity contribution >= 4 is 11.9 Å². The molecular formula is C9H12N2O4. The number of nitrogens with one attached hydrogen (secondary N) is 1. The number of esters is 1. The molecule has 1 atom stereocenters. The van der Waals surface area contributed by atoms with Gasteiger partial charge in [-0.15, -0.1) is 0 Å². The van der Waals surface area contributed by atoms with Crippen molar-refractivity contribution in [2.24, 2.45) is 5.73 Å². The quantitative estimate of drug-likeness (QED) is 0.620. The highest BCUT2D eigenvalue weighted by Gasteiger charge is 2.20. The first-order chi connectivity index (χ1) is 6.97. The van der Waals surface area contributed by atoms with Gasteiger partial charge in [-0.05, 0) is 18.6 Å². The fraction of sp³-hybridized carbons (Fsp3) is 0.333. The SMILES string of the molecule is COC(=O)c1[nH]c(C(N)C(=O)O)cc1C. The van der Waals surface area contributed by atoms with Gasteiger partial charge in [0.05, 0.1) is 7.11 Å². The monoisotopic (exact) mass is 212 g/mol. The minimum Gasteiger partial charge on any atom is -0.480 e. The molecule has 1 heterocycles. The van der Waals surface area contributed by atoms with E-state index in [9.17, 15) is 9.59 Å². The molecule has 6 heteroatoms. The van der Waals surface area contributed by atoms with Crippen LogP contribution in [0.15, 0.2) is 6.07 Å². The predicted octanol–water partition coefficient (Wildman–Crippen LogP) is 0.194. The lowest BCUT2D eigenvalue weighted by Gasteiger charge is -2.02. The number of ether oxygens (including phenoxy) is 1. The molecule has 1 unspecified atom stereocenters. The third kappa shape index (κ3) is 2.16. The number of aryl methyl sites for hydroxylation is 1. The van der Waals surface area contributed by atoms with E-state index >= 15 is 0 Å². The van der Waals surface area contributed by atoms with Crippen molar-refractivity contribution in [2.45, 2.75) is 13.0 Å². The fourth-order valence-electron chi connectivity index (χ4n) is 1.20. The summed E-state index contributed by atoms with van der Waals surface area (Å²) in [5.74, 6) is -1.70. The molecule has 1 rings (SSSR count). The zero-order valence-electron chi connectivity index (χ0n) is 8.40. The van der Waals surface area contributed by atoms with Crippen LogP contribution >= 0.6 is 0 Å². The van der Waals surface area contributed by atoms with Gasteiger partial charge in [0.1, 0.15) is 11.7 Å². The Morgan fingerprint density at radius 3 is 2.67 bits per heavy atom. The summed E-state index contributed by atoms with van der Waals surface area (Å²) >= 11 is 0. The molecule has 4 N–H and O–H groups in total. The number of carbonyl (C=O) groups excluding carboxylic acids is 1. The Hall–Kier alpha value is -1.82. The highest BCUT2D eigenvalue weighted by atomic mass is 16.5. The number of carbonyl (C=O) groups is 2. The Morgan fingerprint density at radius 2 is 2.20 bits per heavy atom. The van der Waals surface area contributed by atoms with Gasteiger partial charge in [-0.25, -0.2) is 4.79 Å². The van der Waals surface area contributed by atoms with Crippen LogP contribution in [-0.2, 0) is 9.53 Å². The van der Waals surface area contributed by atoms with Gasteiger partial charge in [-0.1, -0.05) is 0 Å². The molecule has 15 heavy (non-hydrogen) atoms. The zero-order valence-corrected chi connectivity index (χ0v) is 8.40. The molecule has 0 saturated heterocycles. The fourth-order valence-corrected chi connectivity index (χ4v) is 1.20. The number of aliphatic carboxylic acids is 1. The van der Waals surface area contributed by atoms with Gasteiger partial charge in [0.15, 0.2) is 0 Å². The summed E-state index contributed by atoms with van der Waals surface area (Å²) in [5.41, 5.74) is 6.49. The number of carboxylic acid groups (broad SMARTS) is 1. The smallest absolute Gasteiger partial charge is 0.354 e. The number of carboxylic acids is 1. The third-order valence-electron chi connectivity index (χ3n) is 2.03. The van der Waals surface area contributed by atoms with E-state index in [-0.39, 0.29) is 11.4 Å². The number of aromatic amines is 1. The average Bonchev–Trinajstić information content (AvgIpc) is 2.57. The molecule has 6 nitrogen and oxygen atoms in total. The van der Waals surface area contributed by atoms with E-state index in [0.717, 1.165) is 0 Å². The zero-order chi connectivity index (χ0) is 11.6. The van der Waals surface area contributed by atoms with Crippen molar-refractivity contribution in [3.8, 4) is 0 Å². The summed E-state index contributed by atoms with van der Waals surface area (Å²) in [4.78, 5) is 24.4. The van der Waals surface area contributed by atoms with Gasteiger partial charge >= 0.3 is 11.9 Å². The van der Waals surface area contributed by atoms with Crippen LogP contribution in [0.4, 0.5) is 0 Å². The lowest BCUT2D eigenvalue weighted by atomic mass is 10.2. The van der Waals surface area contributed by atoms with Crippen LogP contribution in [0, 0.1) is 6.92 Å². The van der Waals surface area contributed by atoms with Gasteiger partial charge in [0.25, 0.3) is 0 Å². The van der Waals surface area contributed by atoms with Crippen LogP contribution in [0.3, 0.4) is 0 Å². The van der Waals surface area contributed by atoms with E-state index in [1.54, 1.807) is 6.92 Å². The van der Waals surface area contributed by atoms with Gasteiger partial charge < -0.3 is 20.6 Å². The summed E-state index contributed by atoms with van der Waals surface area (Å²) in [6.45, 7) is 1.67. The molecule has 0 aliphatic rings. The number of methoxy groups -OCH3 is 1. The molecule has 0 bridgehead atoms. The molecule has 1 aromatic rings. The number of hydrogen-bond donors (Lipinski definition) is 3. The Labute approximate surface area is 86.0 Å². The van der Waals surface area contributed by atoms with Gasteiger partial charge in [0.2, 0.25) is 0 Å². The minimum absolute atomic E-state index is 0.226. The lowest BCUT2D eigenvalue weighted by Crippen LogP contribution is -2.21. The number of rotatable bonds is 3. The summed E-state index contributed by atoms with van der Waals surface area (Å²) in [5, 5.41) is 8.67. The van der Waals surface area contributed by atoms with E-state index in [1.807, 2.05) is 0 Å². The van der Waals surface area contributed by atoms with Crippen LogP contribution in [0.1, 0.15) is 27.8 Å². The molecular weight excluding hydrogens is 200 g/mol. The molecule has 0 radical (unpaired) electrons. The Kier molecular flexibility index (Phi) is 3.11. The van der Waals surface area contributed by atoms with Gasteiger partial charge in [-0.2, -0.15) is 0 Å². The van der Waals surface area contributed by atoms with Crippen molar-refractivity contribution in [3.63, 3.8) is 0 Å². The van der Waals surface area contributed by atoms with E-state index in [4.69, 9.17) is 10.8 Å². The molecule has 0 fully saturated rings. The van der Waals surface area contributed by atoms with Crippen molar-refractivity contribution in [1.82, 2.24) is 4.98 Å². The summed E-state index contributed by atoms with van der Waals surface area (Å²) in [6.07, 6.45) is 0. The number of hydrogen-bond acceptors (Lipinski definition) is 4. The van der Waals surface area contributed by atoms with Crippen molar-refractivity contribution in [1.29, 1.82) is 0 Å². The van der Waals surface area contributed by atoms with Crippen molar-refractivity contribution in [2.75, 3.05) is 7.11 Å². The molecule has 0 spiro atoms. The number of H-pyrrole nitrogens is 1. The van der Waals surface area contributed by atoms with Crippen molar-refractivity contribution in [3.05, 3.63) is 23.0 Å². The first-order valence-corrected chi connectivity index (χ1v) is 4.23. The molecule has 1 aromatic heterocycles. The van der Waals surface area contributed by atoms with Gasteiger partial charge in [0, 0.05) is 5.69 Å². The average molecular weight is 212 g/mol. The summed E-state index contributed by atoms with van der Waals surface area (Å²) in [6, 6.07) is 0.354. The third-order valence-corrected chi connectivity index (χ3v) is 2.03. The molecule has 0 aromatic carbocycles. The molecule has 0 amide bonds. The molecule has 0 aliphatic carbocycles. The van der Waals surface area contributed by atoms with Crippen molar-refractivity contribution < 1.29 is 19.4 Å². The maximum atomic E-state index is 11.2. The topological polar surface area (TPSA) is 105 Å². The van der Waals surface area contributed by atoms with E-state index in [2.05, 4.69) is 9.72 Å². The van der Waals surface area contributed by atoms with Crippen LogP contribution < -0.4 is 5.73 Å². The first-order valence-electron chi connectivity index (χ1n) is 4.23. The Bertz CT molecular complexity index is 397. The summed E-state index contributed by atoms with van der Waals surface area (Å²) < 4.78 is 4.51. The number of nitrogens with two attached hydrogens (primary N) is 1. The largest absolute Gasteiger partial charge is 0.480 e. The summed E-state index contributed by atoms with van der Waals surface area (Å²) in [7, 11) is 1.25. The first kappa shape index (κ1) is 11.3. The Morgan fingerprint density at radius 1 is 1.60 bits per heavy atom. The maximum Gasteiger partial charge on any atom is 0.354 e. The highest BCUT2D eigenvalue weighted by Crippen LogP contribution is 2.15. The van der Waals surface area contributed by atoms with Crippen LogP contribution in [0.5, 0.6) is 0 Å². The standard InChI is InChI=1S/C9H12N2O4/c1-4-3-5(6(10)8(12)13)11-7(4)9(14)15-2/h3,6,11H,10H2,1-2H3,(H,12,13). The van der Waals surface area contributed by atoms with E-state index < -0.39 is 18.0 Å². The second kappa shape index (κ2) is 4.14. The Balaban J connectivity index is 3.05. The normalized spacial score (nSPS) is 12.2. The highest BCUT2D eigenvalue weighted by molar-refractivity contribution is 5.89.